The average Bonchev–Trinajstić information content (AvgIpc) is 2.83. The Labute approximate surface area is 122 Å². The smallest absolute Gasteiger partial charge is 0.265 e. The highest BCUT2D eigenvalue weighted by Gasteiger charge is 2.19. The van der Waals surface area contributed by atoms with Gasteiger partial charge in [-0.3, -0.25) is 9.40 Å². The van der Waals surface area contributed by atoms with Crippen LogP contribution < -0.4 is 4.72 Å². The van der Waals surface area contributed by atoms with Crippen LogP contribution in [0, 0.1) is 6.92 Å². The first-order chi connectivity index (χ1) is 9.29. The molecular formula is C12H15ClN4O2S. The Balaban J connectivity index is 2.30. The fourth-order valence-corrected chi connectivity index (χ4v) is 2.85. The van der Waals surface area contributed by atoms with E-state index in [1.54, 1.807) is 23.7 Å². The lowest BCUT2D eigenvalue weighted by molar-refractivity contribution is 0.531. The molecule has 0 saturated carbocycles. The lowest BCUT2D eigenvalue weighted by Gasteiger charge is -2.08. The second-order valence-electron chi connectivity index (χ2n) is 4.65. The second-order valence-corrected chi connectivity index (χ2v) is 6.69. The maximum atomic E-state index is 12.2. The Bertz CT molecular complexity index is 725. The molecule has 1 N–H and O–H groups in total. The van der Waals surface area contributed by atoms with Gasteiger partial charge in [-0.25, -0.2) is 13.4 Å². The first-order valence-corrected chi connectivity index (χ1v) is 7.86. The number of aromatic nitrogens is 3. The lowest BCUT2D eigenvalue weighted by atomic mass is 10.3. The quantitative estimate of drug-likeness (QED) is 0.880. The number of anilines is 1. The number of halogens is 1. The van der Waals surface area contributed by atoms with Crippen LogP contribution in [-0.4, -0.2) is 23.2 Å². The first kappa shape index (κ1) is 14.8. The van der Waals surface area contributed by atoms with Crippen molar-refractivity contribution in [2.24, 2.45) is 0 Å². The minimum atomic E-state index is -3.72. The maximum Gasteiger partial charge on any atom is 0.265 e. The Hall–Kier alpha value is -1.60. The Morgan fingerprint density at radius 2 is 2.05 bits per heavy atom. The van der Waals surface area contributed by atoms with Crippen molar-refractivity contribution in [2.75, 3.05) is 4.72 Å². The molecule has 0 radical (unpaired) electrons. The van der Waals surface area contributed by atoms with Crippen LogP contribution in [0.4, 0.5) is 5.69 Å². The topological polar surface area (TPSA) is 76.9 Å². The lowest BCUT2D eigenvalue weighted by Crippen LogP contribution is -2.13. The zero-order valence-electron chi connectivity index (χ0n) is 11.3. The average molecular weight is 315 g/mol. The maximum absolute atomic E-state index is 12.2. The van der Waals surface area contributed by atoms with E-state index in [1.807, 2.05) is 13.8 Å². The van der Waals surface area contributed by atoms with E-state index >= 15 is 0 Å². The molecule has 108 valence electrons. The van der Waals surface area contributed by atoms with Gasteiger partial charge in [0, 0.05) is 17.9 Å². The summed E-state index contributed by atoms with van der Waals surface area (Å²) in [6, 6.07) is 3.35. The van der Waals surface area contributed by atoms with Crippen molar-refractivity contribution in [3.63, 3.8) is 0 Å². The van der Waals surface area contributed by atoms with Gasteiger partial charge in [-0.15, -0.1) is 0 Å². The van der Waals surface area contributed by atoms with Crippen LogP contribution >= 0.6 is 11.6 Å². The van der Waals surface area contributed by atoms with Crippen molar-refractivity contribution >= 4 is 27.3 Å². The largest absolute Gasteiger partial charge is 0.276 e. The molecule has 2 aromatic heterocycles. The number of hydrogen-bond donors (Lipinski definition) is 1. The fourth-order valence-electron chi connectivity index (χ4n) is 1.55. The van der Waals surface area contributed by atoms with Crippen LogP contribution in [0.15, 0.2) is 29.4 Å². The summed E-state index contributed by atoms with van der Waals surface area (Å²) in [6.45, 7) is 5.60. The number of hydrogen-bond acceptors (Lipinski definition) is 4. The molecule has 0 spiro atoms. The molecular weight excluding hydrogens is 300 g/mol. The van der Waals surface area contributed by atoms with E-state index in [0.29, 0.717) is 5.69 Å². The molecule has 0 unspecified atom stereocenters. The van der Waals surface area contributed by atoms with Crippen LogP contribution in [0.25, 0.3) is 0 Å². The summed E-state index contributed by atoms with van der Waals surface area (Å²) >= 11 is 5.92. The van der Waals surface area contributed by atoms with Gasteiger partial charge in [0.15, 0.2) is 5.15 Å². The van der Waals surface area contributed by atoms with Gasteiger partial charge in [-0.1, -0.05) is 11.6 Å². The normalized spacial score (nSPS) is 11.8. The molecule has 0 saturated heterocycles. The van der Waals surface area contributed by atoms with Crippen molar-refractivity contribution in [1.82, 2.24) is 14.8 Å². The minimum Gasteiger partial charge on any atom is -0.276 e. The van der Waals surface area contributed by atoms with E-state index in [-0.39, 0.29) is 21.8 Å². The Morgan fingerprint density at radius 1 is 1.35 bits per heavy atom. The third-order valence-electron chi connectivity index (χ3n) is 2.65. The van der Waals surface area contributed by atoms with E-state index in [4.69, 9.17) is 11.6 Å². The van der Waals surface area contributed by atoms with E-state index in [1.165, 1.54) is 12.4 Å². The molecule has 0 aromatic carbocycles. The predicted octanol–water partition coefficient (Wildman–Crippen LogP) is 2.62. The number of pyridine rings is 1. The van der Waals surface area contributed by atoms with Gasteiger partial charge in [-0.2, -0.15) is 5.10 Å². The summed E-state index contributed by atoms with van der Waals surface area (Å²) in [5.74, 6) is 0. The number of rotatable bonds is 4. The third-order valence-corrected chi connectivity index (χ3v) is 4.26. The van der Waals surface area contributed by atoms with Crippen molar-refractivity contribution in [3.05, 3.63) is 35.4 Å². The molecule has 2 heterocycles. The van der Waals surface area contributed by atoms with Crippen LogP contribution in [0.2, 0.25) is 5.15 Å². The fraction of sp³-hybridized carbons (Fsp3) is 0.333. The van der Waals surface area contributed by atoms with Crippen molar-refractivity contribution in [3.8, 4) is 0 Å². The van der Waals surface area contributed by atoms with Gasteiger partial charge in [0.2, 0.25) is 0 Å². The van der Waals surface area contributed by atoms with Gasteiger partial charge in [0.05, 0.1) is 11.9 Å². The van der Waals surface area contributed by atoms with E-state index < -0.39 is 10.0 Å². The third kappa shape index (κ3) is 3.10. The van der Waals surface area contributed by atoms with Gasteiger partial charge >= 0.3 is 0 Å². The molecule has 0 bridgehead atoms. The first-order valence-electron chi connectivity index (χ1n) is 6.00. The SMILES string of the molecule is Cc1ccc(NS(=O)(=O)c2cnn(C(C)C)c2)c(Cl)n1. The van der Waals surface area contributed by atoms with Gasteiger partial charge in [0.25, 0.3) is 10.0 Å². The molecule has 0 atom stereocenters. The molecule has 0 aliphatic rings. The van der Waals surface area contributed by atoms with E-state index in [0.717, 1.165) is 0 Å². The highest BCUT2D eigenvalue weighted by Crippen LogP contribution is 2.23. The molecule has 6 nitrogen and oxygen atoms in total. The number of nitrogens with one attached hydrogen (secondary N) is 1. The van der Waals surface area contributed by atoms with Crippen molar-refractivity contribution < 1.29 is 8.42 Å². The van der Waals surface area contributed by atoms with Gasteiger partial charge < -0.3 is 0 Å². The van der Waals surface area contributed by atoms with Gasteiger partial charge in [0.1, 0.15) is 4.90 Å². The summed E-state index contributed by atoms with van der Waals surface area (Å²) in [7, 11) is -3.72. The van der Waals surface area contributed by atoms with E-state index in [2.05, 4.69) is 14.8 Å². The monoisotopic (exact) mass is 314 g/mol. The molecule has 0 amide bonds. The van der Waals surface area contributed by atoms with Gasteiger partial charge in [-0.05, 0) is 32.9 Å². The molecule has 8 heteroatoms. The number of nitrogens with zero attached hydrogens (tertiary/aromatic N) is 3. The summed E-state index contributed by atoms with van der Waals surface area (Å²) in [4.78, 5) is 4.09. The summed E-state index contributed by atoms with van der Waals surface area (Å²) in [5.41, 5.74) is 0.958. The molecule has 2 rings (SSSR count). The number of sulfonamides is 1. The Morgan fingerprint density at radius 3 is 2.60 bits per heavy atom. The molecule has 20 heavy (non-hydrogen) atoms. The van der Waals surface area contributed by atoms with E-state index in [9.17, 15) is 8.42 Å². The molecule has 0 fully saturated rings. The summed E-state index contributed by atoms with van der Waals surface area (Å²) in [5, 5.41) is 4.12. The van der Waals surface area contributed by atoms with Crippen LogP contribution in [0.3, 0.4) is 0 Å². The predicted molar refractivity (Wildman–Crippen MR) is 77.4 cm³/mol. The molecule has 0 aliphatic heterocycles. The second kappa shape index (κ2) is 5.41. The highest BCUT2D eigenvalue weighted by atomic mass is 35.5. The molecule has 2 aromatic rings. The summed E-state index contributed by atoms with van der Waals surface area (Å²) < 4.78 is 28.4. The minimum absolute atomic E-state index is 0.0860. The number of aryl methyl sites for hydroxylation is 1. The zero-order chi connectivity index (χ0) is 14.9. The highest BCUT2D eigenvalue weighted by molar-refractivity contribution is 7.92. The summed E-state index contributed by atoms with van der Waals surface area (Å²) in [6.07, 6.45) is 2.78. The van der Waals surface area contributed by atoms with Crippen LogP contribution in [0.5, 0.6) is 0 Å². The van der Waals surface area contributed by atoms with Crippen LogP contribution in [0.1, 0.15) is 25.6 Å². The van der Waals surface area contributed by atoms with Crippen molar-refractivity contribution in [2.45, 2.75) is 31.7 Å². The van der Waals surface area contributed by atoms with Crippen molar-refractivity contribution in [1.29, 1.82) is 0 Å². The Kier molecular flexibility index (Phi) is 4.01. The molecule has 0 aliphatic carbocycles. The zero-order valence-corrected chi connectivity index (χ0v) is 12.9. The standard InChI is InChI=1S/C12H15ClN4O2S/c1-8(2)17-7-10(6-14-17)20(18,19)16-11-5-4-9(3)15-12(11)13/h4-8,16H,1-3H3. The van der Waals surface area contributed by atoms with Crippen LogP contribution in [-0.2, 0) is 10.0 Å².